The molecule has 1 N–H and O–H groups in total. The maximum Gasteiger partial charge on any atom is 0.434 e. The van der Waals surface area contributed by atoms with Crippen LogP contribution in [0.2, 0.25) is 0 Å². The molecule has 1 aliphatic rings. The van der Waals surface area contributed by atoms with Gasteiger partial charge in [-0.2, -0.15) is 13.2 Å². The van der Waals surface area contributed by atoms with Gasteiger partial charge in [-0.15, -0.1) is 0 Å². The van der Waals surface area contributed by atoms with Crippen LogP contribution in [0.1, 0.15) is 41.7 Å². The van der Waals surface area contributed by atoms with Gasteiger partial charge in [-0.05, 0) is 62.1 Å². The highest BCUT2D eigenvalue weighted by molar-refractivity contribution is 5.94. The molecule has 170 valence electrons. The monoisotopic (exact) mass is 446 g/mol. The molecule has 1 aromatic carbocycles. The Labute approximate surface area is 184 Å². The van der Waals surface area contributed by atoms with E-state index in [-0.39, 0.29) is 23.6 Å². The maximum absolute atomic E-state index is 13.1. The molecular weight excluding hydrogens is 421 g/mol. The third-order valence-corrected chi connectivity index (χ3v) is 6.05. The fraction of sp³-hybridized carbons (Fsp3) is 0.391. The molecule has 0 unspecified atom stereocenters. The lowest BCUT2D eigenvalue weighted by Crippen LogP contribution is -2.43. The third-order valence-electron chi connectivity index (χ3n) is 6.05. The lowest BCUT2D eigenvalue weighted by molar-refractivity contribution is -0.140. The minimum absolute atomic E-state index is 0.0649. The first-order valence-corrected chi connectivity index (χ1v) is 10.5. The number of ether oxygens (including phenoxy) is 1. The van der Waals surface area contributed by atoms with E-state index in [1.54, 1.807) is 49.6 Å². The number of nitrogens with one attached hydrogen (secondary N) is 1. The number of halogens is 3. The van der Waals surface area contributed by atoms with E-state index in [0.29, 0.717) is 17.1 Å². The van der Waals surface area contributed by atoms with Crippen LogP contribution in [-0.2, 0) is 6.18 Å². The summed E-state index contributed by atoms with van der Waals surface area (Å²) in [6, 6.07) is 12.3. The first-order valence-electron chi connectivity index (χ1n) is 10.5. The zero-order valence-corrected chi connectivity index (χ0v) is 17.9. The summed E-state index contributed by atoms with van der Waals surface area (Å²) >= 11 is 0. The van der Waals surface area contributed by atoms with Crippen LogP contribution in [0.5, 0.6) is 5.75 Å². The van der Waals surface area contributed by atoms with Gasteiger partial charge in [0, 0.05) is 30.9 Å². The highest BCUT2D eigenvalue weighted by Crippen LogP contribution is 2.31. The van der Waals surface area contributed by atoms with Crippen LogP contribution in [0.15, 0.2) is 48.7 Å². The SMILES string of the molecule is COc1ccc(C(=O)N[C@H]2CC[C@@H](N(C)c3cccc4nc(C(F)(F)F)cn34)CC2)cc1. The fourth-order valence-electron chi connectivity index (χ4n) is 4.23. The minimum Gasteiger partial charge on any atom is -0.497 e. The van der Waals surface area contributed by atoms with E-state index in [1.165, 1.54) is 4.40 Å². The number of imidazole rings is 1. The van der Waals surface area contributed by atoms with Gasteiger partial charge in [-0.1, -0.05) is 6.07 Å². The molecule has 0 spiro atoms. The molecule has 3 aromatic rings. The first-order chi connectivity index (χ1) is 15.3. The molecule has 32 heavy (non-hydrogen) atoms. The Morgan fingerprint density at radius 1 is 1.12 bits per heavy atom. The van der Waals surface area contributed by atoms with E-state index in [9.17, 15) is 18.0 Å². The number of anilines is 1. The Kier molecular flexibility index (Phi) is 5.99. The van der Waals surface area contributed by atoms with E-state index in [1.807, 2.05) is 11.9 Å². The van der Waals surface area contributed by atoms with Crippen molar-refractivity contribution in [1.29, 1.82) is 0 Å². The molecular formula is C23H25F3N4O2. The van der Waals surface area contributed by atoms with Crippen molar-refractivity contribution in [2.24, 2.45) is 0 Å². The molecule has 1 aliphatic carbocycles. The second-order valence-corrected chi connectivity index (χ2v) is 8.05. The van der Waals surface area contributed by atoms with Gasteiger partial charge in [-0.3, -0.25) is 9.20 Å². The lowest BCUT2D eigenvalue weighted by Gasteiger charge is -2.36. The van der Waals surface area contributed by atoms with E-state index in [2.05, 4.69) is 10.3 Å². The maximum atomic E-state index is 13.1. The molecule has 2 heterocycles. The van der Waals surface area contributed by atoms with Gasteiger partial charge >= 0.3 is 6.18 Å². The number of nitrogens with zero attached hydrogens (tertiary/aromatic N) is 3. The molecule has 9 heteroatoms. The summed E-state index contributed by atoms with van der Waals surface area (Å²) in [4.78, 5) is 18.2. The highest BCUT2D eigenvalue weighted by Gasteiger charge is 2.34. The van der Waals surface area contributed by atoms with Crippen molar-refractivity contribution >= 4 is 17.4 Å². The van der Waals surface area contributed by atoms with Crippen LogP contribution in [0.3, 0.4) is 0 Å². The molecule has 0 bridgehead atoms. The lowest BCUT2D eigenvalue weighted by atomic mass is 9.90. The van der Waals surface area contributed by atoms with Gasteiger partial charge in [0.25, 0.3) is 5.91 Å². The quantitative estimate of drug-likeness (QED) is 0.625. The molecule has 1 amide bonds. The Bertz CT molecular complexity index is 1090. The summed E-state index contributed by atoms with van der Waals surface area (Å²) in [6.07, 6.45) is -0.207. The average molecular weight is 446 g/mol. The van der Waals surface area contributed by atoms with Crippen LogP contribution >= 0.6 is 0 Å². The van der Waals surface area contributed by atoms with Gasteiger partial charge < -0.3 is 15.0 Å². The molecule has 0 aliphatic heterocycles. The van der Waals surface area contributed by atoms with Crippen LogP contribution in [-0.4, -0.2) is 41.5 Å². The van der Waals surface area contributed by atoms with Crippen molar-refractivity contribution in [3.8, 4) is 5.75 Å². The predicted molar refractivity (Wildman–Crippen MR) is 115 cm³/mol. The topological polar surface area (TPSA) is 58.9 Å². The largest absolute Gasteiger partial charge is 0.497 e. The van der Waals surface area contributed by atoms with Crippen LogP contribution in [0.4, 0.5) is 19.0 Å². The number of rotatable bonds is 5. The smallest absolute Gasteiger partial charge is 0.434 e. The van der Waals surface area contributed by atoms with E-state index >= 15 is 0 Å². The fourth-order valence-corrected chi connectivity index (χ4v) is 4.23. The van der Waals surface area contributed by atoms with E-state index in [0.717, 1.165) is 31.9 Å². The van der Waals surface area contributed by atoms with Crippen LogP contribution < -0.4 is 15.0 Å². The zero-order valence-electron chi connectivity index (χ0n) is 17.9. The molecule has 0 saturated heterocycles. The molecule has 1 saturated carbocycles. The normalized spacial score (nSPS) is 19.0. The molecule has 0 radical (unpaired) electrons. The van der Waals surface area contributed by atoms with Crippen molar-refractivity contribution in [3.63, 3.8) is 0 Å². The third kappa shape index (κ3) is 4.51. The number of fused-ring (bicyclic) bond motifs is 1. The Morgan fingerprint density at radius 2 is 1.81 bits per heavy atom. The van der Waals surface area contributed by atoms with Crippen molar-refractivity contribution in [2.75, 3.05) is 19.1 Å². The van der Waals surface area contributed by atoms with Crippen molar-refractivity contribution in [1.82, 2.24) is 14.7 Å². The van der Waals surface area contributed by atoms with Gasteiger partial charge in [0.05, 0.1) is 7.11 Å². The Hall–Kier alpha value is -3.23. The van der Waals surface area contributed by atoms with Gasteiger partial charge in [-0.25, -0.2) is 4.98 Å². The molecule has 6 nitrogen and oxygen atoms in total. The minimum atomic E-state index is -4.48. The Morgan fingerprint density at radius 3 is 2.44 bits per heavy atom. The van der Waals surface area contributed by atoms with E-state index in [4.69, 9.17) is 4.74 Å². The number of carbonyl (C=O) groups excluding carboxylic acids is 1. The number of benzene rings is 1. The number of hydrogen-bond acceptors (Lipinski definition) is 4. The summed E-state index contributed by atoms with van der Waals surface area (Å²) in [5.41, 5.74) is -0.0530. The van der Waals surface area contributed by atoms with Gasteiger partial charge in [0.2, 0.25) is 0 Å². The summed E-state index contributed by atoms with van der Waals surface area (Å²) in [6.45, 7) is 0. The number of carbonyl (C=O) groups is 1. The molecule has 0 atom stereocenters. The van der Waals surface area contributed by atoms with Gasteiger partial charge in [0.15, 0.2) is 5.69 Å². The molecule has 2 aromatic heterocycles. The van der Waals surface area contributed by atoms with Crippen LogP contribution in [0.25, 0.3) is 5.65 Å². The second-order valence-electron chi connectivity index (χ2n) is 8.05. The van der Waals surface area contributed by atoms with Crippen LogP contribution in [0, 0.1) is 0 Å². The molecule has 4 rings (SSSR count). The molecule has 1 fully saturated rings. The number of aromatic nitrogens is 2. The number of amides is 1. The summed E-state index contributed by atoms with van der Waals surface area (Å²) in [7, 11) is 3.47. The van der Waals surface area contributed by atoms with E-state index < -0.39 is 11.9 Å². The van der Waals surface area contributed by atoms with Crippen molar-refractivity contribution < 1.29 is 22.7 Å². The average Bonchev–Trinajstić information content (AvgIpc) is 3.24. The zero-order chi connectivity index (χ0) is 22.9. The highest BCUT2D eigenvalue weighted by atomic mass is 19.4. The predicted octanol–water partition coefficient (Wildman–Crippen LogP) is 4.54. The van der Waals surface area contributed by atoms with Gasteiger partial charge in [0.1, 0.15) is 17.2 Å². The summed E-state index contributed by atoms with van der Waals surface area (Å²) in [5, 5.41) is 3.08. The summed E-state index contributed by atoms with van der Waals surface area (Å²) in [5.74, 6) is 1.24. The summed E-state index contributed by atoms with van der Waals surface area (Å²) < 4.78 is 45.9. The number of pyridine rings is 1. The first kappa shape index (κ1) is 22.0. The second kappa shape index (κ2) is 8.72. The number of hydrogen-bond donors (Lipinski definition) is 1. The number of alkyl halides is 3. The number of methoxy groups -OCH3 is 1. The van der Waals surface area contributed by atoms with Crippen molar-refractivity contribution in [2.45, 2.75) is 43.9 Å². The Balaban J connectivity index is 1.40. The van der Waals surface area contributed by atoms with Crippen molar-refractivity contribution in [3.05, 3.63) is 59.9 Å². The standard InChI is InChI=1S/C23H25F3N4O2/c1-29(21-5-3-4-20-28-19(14-30(20)21)23(24,25)26)17-10-8-16(9-11-17)27-22(31)15-6-12-18(32-2)13-7-15/h3-7,12-14,16-17H,8-11H2,1-2H3,(H,27,31)/t16-,17+.